The summed E-state index contributed by atoms with van der Waals surface area (Å²) in [6.07, 6.45) is 2.63. The maximum absolute atomic E-state index is 10.9. The highest BCUT2D eigenvalue weighted by Gasteiger charge is 2.24. The number of anilines is 1. The largest absolute Gasteiger partial charge is 0.478 e. The standard InChI is InChI=1S/C13H19N3O2/c1-8-4-9(2)7-16(6-8)13-14-5-11(12(17)18)10(3)15-13/h5,8-9H,4,6-7H2,1-3H3,(H,17,18)/t8-,9-/m0/s1. The number of nitrogens with zero attached hydrogens (tertiary/aromatic N) is 3. The van der Waals surface area contributed by atoms with Gasteiger partial charge in [0.05, 0.1) is 11.3 Å². The van der Waals surface area contributed by atoms with Gasteiger partial charge < -0.3 is 10.0 Å². The Morgan fingerprint density at radius 3 is 2.50 bits per heavy atom. The van der Waals surface area contributed by atoms with Crippen molar-refractivity contribution in [1.82, 2.24) is 9.97 Å². The Balaban J connectivity index is 2.23. The molecule has 1 saturated heterocycles. The Morgan fingerprint density at radius 2 is 2.00 bits per heavy atom. The average Bonchev–Trinajstić information content (AvgIpc) is 2.26. The molecule has 0 saturated carbocycles. The van der Waals surface area contributed by atoms with Crippen LogP contribution in [0.4, 0.5) is 5.95 Å². The molecule has 0 spiro atoms. The molecule has 0 aliphatic carbocycles. The van der Waals surface area contributed by atoms with Crippen molar-refractivity contribution >= 4 is 11.9 Å². The van der Waals surface area contributed by atoms with Crippen molar-refractivity contribution in [3.63, 3.8) is 0 Å². The van der Waals surface area contributed by atoms with Crippen LogP contribution in [-0.4, -0.2) is 34.1 Å². The van der Waals surface area contributed by atoms with Gasteiger partial charge in [0.2, 0.25) is 5.95 Å². The minimum Gasteiger partial charge on any atom is -0.478 e. The summed E-state index contributed by atoms with van der Waals surface area (Å²) in [5.41, 5.74) is 0.704. The van der Waals surface area contributed by atoms with Gasteiger partial charge in [-0.1, -0.05) is 13.8 Å². The first-order valence-corrected chi connectivity index (χ1v) is 6.29. The van der Waals surface area contributed by atoms with Gasteiger partial charge in [0.15, 0.2) is 0 Å². The van der Waals surface area contributed by atoms with E-state index in [1.54, 1.807) is 6.92 Å². The highest BCUT2D eigenvalue weighted by atomic mass is 16.4. The molecule has 2 rings (SSSR count). The first-order chi connectivity index (χ1) is 8.47. The Hall–Kier alpha value is -1.65. The van der Waals surface area contributed by atoms with E-state index in [1.165, 1.54) is 12.6 Å². The number of carbonyl (C=O) groups is 1. The lowest BCUT2D eigenvalue weighted by molar-refractivity contribution is 0.0695. The topological polar surface area (TPSA) is 66.3 Å². The van der Waals surface area contributed by atoms with Gasteiger partial charge in [0.1, 0.15) is 0 Å². The van der Waals surface area contributed by atoms with E-state index in [9.17, 15) is 4.79 Å². The van der Waals surface area contributed by atoms with Crippen molar-refractivity contribution in [3.05, 3.63) is 17.5 Å². The third kappa shape index (κ3) is 2.60. The number of carboxylic acids is 1. The zero-order valence-corrected chi connectivity index (χ0v) is 11.1. The molecule has 5 heteroatoms. The highest BCUT2D eigenvalue weighted by Crippen LogP contribution is 2.24. The van der Waals surface area contributed by atoms with Crippen LogP contribution >= 0.6 is 0 Å². The summed E-state index contributed by atoms with van der Waals surface area (Å²) in [7, 11) is 0. The molecule has 0 unspecified atom stereocenters. The van der Waals surface area contributed by atoms with Crippen LogP contribution in [0.3, 0.4) is 0 Å². The number of aryl methyl sites for hydroxylation is 1. The first-order valence-electron chi connectivity index (χ1n) is 6.29. The number of hydrogen-bond acceptors (Lipinski definition) is 4. The molecule has 98 valence electrons. The summed E-state index contributed by atoms with van der Waals surface area (Å²) in [6, 6.07) is 0. The Morgan fingerprint density at radius 1 is 1.39 bits per heavy atom. The predicted molar refractivity (Wildman–Crippen MR) is 68.9 cm³/mol. The quantitative estimate of drug-likeness (QED) is 0.868. The third-order valence-corrected chi connectivity index (χ3v) is 3.35. The molecule has 1 aromatic rings. The van der Waals surface area contributed by atoms with Crippen molar-refractivity contribution in [1.29, 1.82) is 0 Å². The minimum absolute atomic E-state index is 0.178. The molecule has 0 bridgehead atoms. The van der Waals surface area contributed by atoms with E-state index in [4.69, 9.17) is 5.11 Å². The van der Waals surface area contributed by atoms with Crippen molar-refractivity contribution in [3.8, 4) is 0 Å². The van der Waals surface area contributed by atoms with E-state index >= 15 is 0 Å². The predicted octanol–water partition coefficient (Wildman–Crippen LogP) is 1.97. The van der Waals surface area contributed by atoms with Gasteiger partial charge in [-0.05, 0) is 25.2 Å². The maximum Gasteiger partial charge on any atom is 0.339 e. The van der Waals surface area contributed by atoms with Crippen LogP contribution in [0.5, 0.6) is 0 Å². The van der Waals surface area contributed by atoms with E-state index in [0.717, 1.165) is 13.1 Å². The number of aromatic nitrogens is 2. The van der Waals surface area contributed by atoms with Crippen molar-refractivity contribution in [2.75, 3.05) is 18.0 Å². The molecular weight excluding hydrogens is 230 g/mol. The molecule has 0 radical (unpaired) electrons. The lowest BCUT2D eigenvalue weighted by Crippen LogP contribution is -2.39. The number of rotatable bonds is 2. The maximum atomic E-state index is 10.9. The van der Waals surface area contributed by atoms with E-state index < -0.39 is 5.97 Å². The molecule has 5 nitrogen and oxygen atoms in total. The Labute approximate surface area is 107 Å². The van der Waals surface area contributed by atoms with E-state index in [0.29, 0.717) is 23.5 Å². The third-order valence-electron chi connectivity index (χ3n) is 3.35. The molecule has 1 aliphatic rings. The molecular formula is C13H19N3O2. The Bertz CT molecular complexity index is 452. The molecule has 1 aliphatic heterocycles. The second-order valence-electron chi connectivity index (χ2n) is 5.33. The van der Waals surface area contributed by atoms with Crippen LogP contribution < -0.4 is 4.90 Å². The van der Waals surface area contributed by atoms with Crippen LogP contribution in [0.15, 0.2) is 6.20 Å². The fourth-order valence-electron chi connectivity index (χ4n) is 2.64. The summed E-state index contributed by atoms with van der Waals surface area (Å²) in [5, 5.41) is 8.96. The molecule has 2 atom stereocenters. The van der Waals surface area contributed by atoms with Crippen LogP contribution in [0.25, 0.3) is 0 Å². The van der Waals surface area contributed by atoms with Crippen molar-refractivity contribution in [2.24, 2.45) is 11.8 Å². The second-order valence-corrected chi connectivity index (χ2v) is 5.33. The smallest absolute Gasteiger partial charge is 0.339 e. The molecule has 2 heterocycles. The number of carboxylic acid groups (broad SMARTS) is 1. The lowest BCUT2D eigenvalue weighted by Gasteiger charge is -2.35. The highest BCUT2D eigenvalue weighted by molar-refractivity contribution is 5.88. The summed E-state index contributed by atoms with van der Waals surface area (Å²) >= 11 is 0. The number of aromatic carboxylic acids is 1. The fraction of sp³-hybridized carbons (Fsp3) is 0.615. The summed E-state index contributed by atoms with van der Waals surface area (Å²) < 4.78 is 0. The van der Waals surface area contributed by atoms with Gasteiger partial charge in [-0.3, -0.25) is 0 Å². The van der Waals surface area contributed by atoms with E-state index in [2.05, 4.69) is 28.7 Å². The van der Waals surface area contributed by atoms with Crippen molar-refractivity contribution in [2.45, 2.75) is 27.2 Å². The monoisotopic (exact) mass is 249 g/mol. The van der Waals surface area contributed by atoms with Gasteiger partial charge in [-0.15, -0.1) is 0 Å². The molecule has 1 fully saturated rings. The molecule has 18 heavy (non-hydrogen) atoms. The Kier molecular flexibility index (Phi) is 3.50. The van der Waals surface area contributed by atoms with Gasteiger partial charge in [-0.25, -0.2) is 14.8 Å². The second kappa shape index (κ2) is 4.92. The van der Waals surface area contributed by atoms with Crippen LogP contribution in [0, 0.1) is 18.8 Å². The summed E-state index contributed by atoms with van der Waals surface area (Å²) in [6.45, 7) is 8.04. The first kappa shape index (κ1) is 12.8. The fourth-order valence-corrected chi connectivity index (χ4v) is 2.64. The van der Waals surface area contributed by atoms with Gasteiger partial charge >= 0.3 is 5.97 Å². The summed E-state index contributed by atoms with van der Waals surface area (Å²) in [5.74, 6) is 0.920. The van der Waals surface area contributed by atoms with Crippen LogP contribution in [0.1, 0.15) is 36.3 Å². The zero-order chi connectivity index (χ0) is 13.3. The summed E-state index contributed by atoms with van der Waals surface area (Å²) in [4.78, 5) is 21.6. The molecule has 1 aromatic heterocycles. The van der Waals surface area contributed by atoms with Gasteiger partial charge in [-0.2, -0.15) is 0 Å². The average molecular weight is 249 g/mol. The van der Waals surface area contributed by atoms with Crippen molar-refractivity contribution < 1.29 is 9.90 Å². The molecule has 0 aromatic carbocycles. The SMILES string of the molecule is Cc1nc(N2C[C@@H](C)C[C@H](C)C2)ncc1C(=O)O. The van der Waals surface area contributed by atoms with E-state index in [-0.39, 0.29) is 5.56 Å². The van der Waals surface area contributed by atoms with Crippen LogP contribution in [0.2, 0.25) is 0 Å². The number of piperidine rings is 1. The minimum atomic E-state index is -0.973. The molecule has 1 N–H and O–H groups in total. The zero-order valence-electron chi connectivity index (χ0n) is 11.1. The van der Waals surface area contributed by atoms with Gasteiger partial charge in [0.25, 0.3) is 0 Å². The van der Waals surface area contributed by atoms with E-state index in [1.807, 2.05) is 0 Å². The normalized spacial score (nSPS) is 24.1. The number of hydrogen-bond donors (Lipinski definition) is 1. The van der Waals surface area contributed by atoms with Crippen LogP contribution in [-0.2, 0) is 0 Å². The molecule has 0 amide bonds. The lowest BCUT2D eigenvalue weighted by atomic mass is 9.92. The van der Waals surface area contributed by atoms with Gasteiger partial charge in [0, 0.05) is 19.3 Å².